The number of carbonyl (C=O) groups is 1. The number of anilines is 3. The van der Waals surface area contributed by atoms with Crippen LogP contribution in [0.15, 0.2) is 70.8 Å². The number of amides is 1. The molecule has 0 aliphatic carbocycles. The first-order chi connectivity index (χ1) is 15.5. The molecule has 32 heavy (non-hydrogen) atoms. The summed E-state index contributed by atoms with van der Waals surface area (Å²) in [5.41, 5.74) is 2.16. The molecule has 0 atom stereocenters. The summed E-state index contributed by atoms with van der Waals surface area (Å²) in [5, 5.41) is 7.35. The Labute approximate surface area is 184 Å². The summed E-state index contributed by atoms with van der Waals surface area (Å²) in [6.07, 6.45) is 0. The normalized spacial score (nSPS) is 10.9. The van der Waals surface area contributed by atoms with Gasteiger partial charge in [-0.05, 0) is 35.7 Å². The number of benzene rings is 2. The molecule has 3 aromatic heterocycles. The summed E-state index contributed by atoms with van der Waals surface area (Å²) < 4.78 is 13.9. The van der Waals surface area contributed by atoms with Crippen LogP contribution in [0.4, 0.5) is 22.0 Å². The highest BCUT2D eigenvalue weighted by Crippen LogP contribution is 2.24. The van der Waals surface area contributed by atoms with Crippen molar-refractivity contribution in [3.8, 4) is 11.3 Å². The number of aromatic amines is 2. The van der Waals surface area contributed by atoms with Crippen LogP contribution in [0, 0.1) is 5.82 Å². The minimum absolute atomic E-state index is 0.117. The lowest BCUT2D eigenvalue weighted by atomic mass is 10.1. The maximum atomic E-state index is 13.9. The number of nitrogens with zero attached hydrogens (tertiary/aromatic N) is 2. The van der Waals surface area contributed by atoms with E-state index in [0.717, 1.165) is 0 Å². The first-order valence-corrected chi connectivity index (χ1v) is 10.4. The second kappa shape index (κ2) is 8.08. The zero-order chi connectivity index (χ0) is 22.1. The van der Waals surface area contributed by atoms with E-state index in [1.54, 1.807) is 48.5 Å². The Kier molecular flexibility index (Phi) is 4.96. The van der Waals surface area contributed by atoms with Crippen LogP contribution in [0.25, 0.3) is 22.3 Å². The fourth-order valence-corrected chi connectivity index (χ4v) is 3.78. The average molecular weight is 446 g/mol. The van der Waals surface area contributed by atoms with Crippen LogP contribution in [-0.2, 0) is 0 Å². The minimum atomic E-state index is -0.462. The number of nitrogens with one attached hydrogen (secondary N) is 4. The molecule has 0 aliphatic rings. The van der Waals surface area contributed by atoms with Crippen molar-refractivity contribution in [1.82, 2.24) is 19.9 Å². The Morgan fingerprint density at radius 3 is 2.66 bits per heavy atom. The fraction of sp³-hybridized carbons (Fsp3) is 0. The topological polar surface area (TPSA) is 116 Å². The van der Waals surface area contributed by atoms with E-state index in [4.69, 9.17) is 0 Å². The Morgan fingerprint density at radius 1 is 0.969 bits per heavy atom. The Hall–Kier alpha value is -4.31. The summed E-state index contributed by atoms with van der Waals surface area (Å²) in [7, 11) is 0. The van der Waals surface area contributed by atoms with E-state index in [9.17, 15) is 14.0 Å². The number of fused-ring (bicyclic) bond motifs is 1. The number of thiophene rings is 1. The summed E-state index contributed by atoms with van der Waals surface area (Å²) in [5.74, 6) is -0.279. The van der Waals surface area contributed by atoms with Crippen molar-refractivity contribution < 1.29 is 9.18 Å². The lowest BCUT2D eigenvalue weighted by molar-refractivity contribution is 0.103. The zero-order valence-corrected chi connectivity index (χ0v) is 17.2. The average Bonchev–Trinajstić information content (AvgIpc) is 3.44. The molecule has 158 valence electrons. The zero-order valence-electron chi connectivity index (χ0n) is 16.3. The smallest absolute Gasteiger partial charge is 0.268 e. The quantitative estimate of drug-likeness (QED) is 0.317. The SMILES string of the molecule is O=C(Nc1nc2ccc(-c3cc(=O)[nH]c(Nc4ccccc4F)n3)cc2[nH]1)c1cccs1. The summed E-state index contributed by atoms with van der Waals surface area (Å²) in [6.45, 7) is 0. The van der Waals surface area contributed by atoms with Crippen LogP contribution in [0.2, 0.25) is 0 Å². The van der Waals surface area contributed by atoms with Gasteiger partial charge in [-0.3, -0.25) is 19.9 Å². The van der Waals surface area contributed by atoms with Crippen molar-refractivity contribution in [2.45, 2.75) is 0 Å². The monoisotopic (exact) mass is 446 g/mol. The van der Waals surface area contributed by atoms with Crippen LogP contribution >= 0.6 is 11.3 Å². The van der Waals surface area contributed by atoms with Crippen LogP contribution in [0.1, 0.15) is 9.67 Å². The Balaban J connectivity index is 1.44. The van der Waals surface area contributed by atoms with Crippen LogP contribution in [-0.4, -0.2) is 25.8 Å². The van der Waals surface area contributed by atoms with Crippen molar-refractivity contribution in [3.05, 3.63) is 87.1 Å². The summed E-state index contributed by atoms with van der Waals surface area (Å²) in [4.78, 5) is 39.4. The van der Waals surface area contributed by atoms with Crippen molar-refractivity contribution in [2.24, 2.45) is 0 Å². The number of imidazole rings is 1. The molecule has 1 amide bonds. The third kappa shape index (κ3) is 3.98. The molecular formula is C22H15FN6O2S. The van der Waals surface area contributed by atoms with Crippen molar-refractivity contribution >= 4 is 45.9 Å². The van der Waals surface area contributed by atoms with E-state index in [1.165, 1.54) is 23.5 Å². The number of carbonyl (C=O) groups excluding carboxylic acids is 1. The molecule has 0 bridgehead atoms. The van der Waals surface area contributed by atoms with Gasteiger partial charge in [0.1, 0.15) is 5.82 Å². The third-order valence-corrected chi connectivity index (χ3v) is 5.49. The van der Waals surface area contributed by atoms with Crippen LogP contribution < -0.4 is 16.2 Å². The number of halogens is 1. The predicted octanol–water partition coefficient (Wildman–Crippen LogP) is 4.51. The van der Waals surface area contributed by atoms with Gasteiger partial charge in [0, 0.05) is 11.6 Å². The molecular weight excluding hydrogens is 431 g/mol. The third-order valence-electron chi connectivity index (χ3n) is 4.62. The van der Waals surface area contributed by atoms with Crippen LogP contribution in [0.5, 0.6) is 0 Å². The maximum Gasteiger partial charge on any atom is 0.268 e. The highest BCUT2D eigenvalue weighted by Gasteiger charge is 2.12. The van der Waals surface area contributed by atoms with Gasteiger partial charge >= 0.3 is 0 Å². The molecule has 3 heterocycles. The van der Waals surface area contributed by atoms with Gasteiger partial charge in [-0.25, -0.2) is 14.4 Å². The molecule has 0 saturated carbocycles. The van der Waals surface area contributed by atoms with Gasteiger partial charge in [-0.2, -0.15) is 0 Å². The molecule has 10 heteroatoms. The predicted molar refractivity (Wildman–Crippen MR) is 122 cm³/mol. The lowest BCUT2D eigenvalue weighted by Crippen LogP contribution is -2.11. The first-order valence-electron chi connectivity index (χ1n) is 9.53. The summed E-state index contributed by atoms with van der Waals surface area (Å²) in [6, 6.07) is 16.3. The van der Waals surface area contributed by atoms with Gasteiger partial charge in [0.15, 0.2) is 0 Å². The lowest BCUT2D eigenvalue weighted by Gasteiger charge is -2.08. The van der Waals surface area contributed by atoms with Gasteiger partial charge in [-0.1, -0.05) is 24.3 Å². The van der Waals surface area contributed by atoms with Crippen molar-refractivity contribution in [1.29, 1.82) is 0 Å². The van der Waals surface area contributed by atoms with E-state index in [-0.39, 0.29) is 23.1 Å². The van der Waals surface area contributed by atoms with E-state index < -0.39 is 5.82 Å². The Morgan fingerprint density at radius 2 is 1.84 bits per heavy atom. The molecule has 0 fully saturated rings. The molecule has 0 unspecified atom stereocenters. The molecule has 2 aromatic carbocycles. The molecule has 0 aliphatic heterocycles. The molecule has 0 spiro atoms. The van der Waals surface area contributed by atoms with E-state index in [0.29, 0.717) is 33.1 Å². The first kappa shape index (κ1) is 19.6. The molecule has 4 N–H and O–H groups in total. The number of hydrogen-bond acceptors (Lipinski definition) is 6. The molecule has 0 saturated heterocycles. The van der Waals surface area contributed by atoms with Gasteiger partial charge < -0.3 is 10.3 Å². The highest BCUT2D eigenvalue weighted by molar-refractivity contribution is 7.12. The second-order valence-corrected chi connectivity index (χ2v) is 7.78. The van der Waals surface area contributed by atoms with E-state index in [1.807, 2.05) is 5.38 Å². The highest BCUT2D eigenvalue weighted by atomic mass is 32.1. The van der Waals surface area contributed by atoms with Gasteiger partial charge in [-0.15, -0.1) is 11.3 Å². The standard InChI is InChI=1S/C22H15FN6O2S/c23-13-4-1-2-5-14(13)24-21-26-16(11-19(30)28-21)12-7-8-15-17(10-12)27-22(25-15)29-20(31)18-6-3-9-32-18/h1-11H,(H2,24,26,28,30)(H2,25,27,29,31). The number of H-pyrrole nitrogens is 2. The number of hydrogen-bond donors (Lipinski definition) is 4. The van der Waals surface area contributed by atoms with Gasteiger partial charge in [0.2, 0.25) is 11.9 Å². The van der Waals surface area contributed by atoms with Crippen LogP contribution in [0.3, 0.4) is 0 Å². The van der Waals surface area contributed by atoms with Crippen molar-refractivity contribution in [2.75, 3.05) is 10.6 Å². The molecule has 5 aromatic rings. The van der Waals surface area contributed by atoms with Gasteiger partial charge in [0.25, 0.3) is 11.5 Å². The molecule has 5 rings (SSSR count). The van der Waals surface area contributed by atoms with E-state index >= 15 is 0 Å². The number of aromatic nitrogens is 4. The number of rotatable bonds is 5. The second-order valence-electron chi connectivity index (χ2n) is 6.83. The number of para-hydroxylation sites is 1. The Bertz CT molecular complexity index is 1490. The minimum Gasteiger partial charge on any atom is -0.324 e. The largest absolute Gasteiger partial charge is 0.324 e. The molecule has 8 nitrogen and oxygen atoms in total. The fourth-order valence-electron chi connectivity index (χ4n) is 3.16. The van der Waals surface area contributed by atoms with Gasteiger partial charge in [0.05, 0.1) is 27.3 Å². The van der Waals surface area contributed by atoms with E-state index in [2.05, 4.69) is 30.6 Å². The maximum absolute atomic E-state index is 13.9. The summed E-state index contributed by atoms with van der Waals surface area (Å²) >= 11 is 1.34. The molecule has 0 radical (unpaired) electrons. The van der Waals surface area contributed by atoms with Crippen molar-refractivity contribution in [3.63, 3.8) is 0 Å².